The highest BCUT2D eigenvalue weighted by Crippen LogP contribution is 2.27. The number of pyridine rings is 1. The van der Waals surface area contributed by atoms with Crippen molar-refractivity contribution in [1.82, 2.24) is 25.3 Å². The Bertz CT molecular complexity index is 1060. The number of carbonyl (C=O) groups is 1. The maximum Gasteiger partial charge on any atom is 0.238 e. The van der Waals surface area contributed by atoms with E-state index in [0.717, 1.165) is 0 Å². The molecule has 31 heavy (non-hydrogen) atoms. The third-order valence-corrected chi connectivity index (χ3v) is 4.83. The molecule has 10 nitrogen and oxygen atoms in total. The van der Waals surface area contributed by atoms with Gasteiger partial charge in [0.2, 0.25) is 12.3 Å². The number of carbonyl (C=O) groups excluding carboxylic acids is 1. The average molecular weight is 428 g/mol. The van der Waals surface area contributed by atoms with Gasteiger partial charge in [-0.05, 0) is 30.3 Å². The highest BCUT2D eigenvalue weighted by atomic mass is 19.1. The third kappa shape index (κ3) is 4.53. The summed E-state index contributed by atoms with van der Waals surface area (Å²) in [5, 5.41) is 31.0. The van der Waals surface area contributed by atoms with Crippen molar-refractivity contribution in [3.8, 4) is 5.69 Å². The lowest BCUT2D eigenvalue weighted by molar-refractivity contribution is -0.121. The molecule has 0 aliphatic carbocycles. The molecule has 1 fully saturated rings. The van der Waals surface area contributed by atoms with E-state index < -0.39 is 24.4 Å². The number of aliphatic hydroxyl groups is 2. The minimum atomic E-state index is -1.25. The molecule has 2 aromatic heterocycles. The predicted octanol–water partition coefficient (Wildman–Crippen LogP) is 0.500. The number of nitrogens with zero attached hydrogens (tertiary/aromatic N) is 5. The van der Waals surface area contributed by atoms with Crippen LogP contribution in [-0.4, -0.2) is 61.7 Å². The molecule has 1 amide bonds. The zero-order valence-electron chi connectivity index (χ0n) is 16.6. The fourth-order valence-electron chi connectivity index (χ4n) is 3.27. The van der Waals surface area contributed by atoms with Crippen LogP contribution < -0.4 is 10.2 Å². The molecular weight excluding hydrogens is 407 g/mol. The molecule has 4 rings (SSSR count). The number of anilines is 1. The van der Waals surface area contributed by atoms with E-state index in [2.05, 4.69) is 20.6 Å². The van der Waals surface area contributed by atoms with Gasteiger partial charge in [-0.25, -0.2) is 9.07 Å². The van der Waals surface area contributed by atoms with E-state index in [1.807, 2.05) is 0 Å². The molecule has 3 atom stereocenters. The largest absolute Gasteiger partial charge is 0.380 e. The molecule has 3 N–H and O–H groups in total. The Morgan fingerprint density at radius 3 is 2.90 bits per heavy atom. The molecule has 0 bridgehead atoms. The summed E-state index contributed by atoms with van der Waals surface area (Å²) in [7, 11) is 0. The van der Waals surface area contributed by atoms with Gasteiger partial charge in [0.15, 0.2) is 5.82 Å². The van der Waals surface area contributed by atoms with Crippen LogP contribution in [0.1, 0.15) is 24.4 Å². The van der Waals surface area contributed by atoms with E-state index >= 15 is 0 Å². The zero-order chi connectivity index (χ0) is 22.0. The van der Waals surface area contributed by atoms with Crippen molar-refractivity contribution in [3.05, 3.63) is 66.0 Å². The van der Waals surface area contributed by atoms with E-state index in [1.165, 1.54) is 34.8 Å². The summed E-state index contributed by atoms with van der Waals surface area (Å²) in [6, 6.07) is 9.48. The highest BCUT2D eigenvalue weighted by molar-refractivity contribution is 5.72. The first-order valence-corrected chi connectivity index (χ1v) is 9.58. The molecule has 1 saturated heterocycles. The van der Waals surface area contributed by atoms with Crippen LogP contribution in [0.5, 0.6) is 0 Å². The lowest BCUT2D eigenvalue weighted by Crippen LogP contribution is -2.33. The standard InChI is InChI=1S/C20H21FN6O4/c1-12(28)23-9-14-10-26(20(30)31-14)13-5-6-18(15(21)8-13)27-11-17(24-25-27)19(29)16-4-2-3-7-22-16/h2-8,11,14,19-20,29-30H,9-10H2,1H3,(H,23,28)/t14-,19?,20?/m0/s1. The first-order chi connectivity index (χ1) is 14.9. The van der Waals surface area contributed by atoms with Gasteiger partial charge in [-0.3, -0.25) is 9.78 Å². The quantitative estimate of drug-likeness (QED) is 0.518. The average Bonchev–Trinajstić information content (AvgIpc) is 3.39. The number of aliphatic hydroxyl groups excluding tert-OH is 2. The van der Waals surface area contributed by atoms with Gasteiger partial charge in [0.25, 0.3) is 0 Å². The number of aromatic nitrogens is 4. The summed E-state index contributed by atoms with van der Waals surface area (Å²) in [6.45, 7) is 1.91. The number of hydrogen-bond donors (Lipinski definition) is 3. The van der Waals surface area contributed by atoms with Crippen molar-refractivity contribution in [2.75, 3.05) is 18.0 Å². The molecule has 11 heteroatoms. The molecule has 0 saturated carbocycles. The SMILES string of the molecule is CC(=O)NC[C@H]1CN(c2ccc(-n3cc(C(O)c4ccccn4)nn3)c(F)c2)C(O)O1. The van der Waals surface area contributed by atoms with Crippen LogP contribution in [-0.2, 0) is 9.53 Å². The van der Waals surface area contributed by atoms with Crippen LogP contribution in [0.25, 0.3) is 5.69 Å². The number of nitrogens with one attached hydrogen (secondary N) is 1. The van der Waals surface area contributed by atoms with Crippen LogP contribution in [0.3, 0.4) is 0 Å². The lowest BCUT2D eigenvalue weighted by Gasteiger charge is -2.20. The number of hydrogen-bond acceptors (Lipinski definition) is 8. The Labute approximate surface area is 176 Å². The Balaban J connectivity index is 1.50. The number of benzene rings is 1. The fourth-order valence-corrected chi connectivity index (χ4v) is 3.27. The van der Waals surface area contributed by atoms with Crippen LogP contribution in [0.2, 0.25) is 0 Å². The molecule has 0 spiro atoms. The van der Waals surface area contributed by atoms with E-state index in [1.54, 1.807) is 30.5 Å². The lowest BCUT2D eigenvalue weighted by atomic mass is 10.2. The van der Waals surface area contributed by atoms with Crippen LogP contribution in [0.15, 0.2) is 48.8 Å². The summed E-state index contributed by atoms with van der Waals surface area (Å²) in [6.07, 6.45) is 0.214. The second-order valence-electron chi connectivity index (χ2n) is 7.05. The van der Waals surface area contributed by atoms with Crippen molar-refractivity contribution in [3.63, 3.8) is 0 Å². The van der Waals surface area contributed by atoms with Gasteiger partial charge in [-0.2, -0.15) is 0 Å². The van der Waals surface area contributed by atoms with Gasteiger partial charge in [0, 0.05) is 25.4 Å². The van der Waals surface area contributed by atoms with E-state index in [-0.39, 0.29) is 30.4 Å². The zero-order valence-corrected chi connectivity index (χ0v) is 16.6. The smallest absolute Gasteiger partial charge is 0.238 e. The van der Waals surface area contributed by atoms with Crippen molar-refractivity contribution in [1.29, 1.82) is 0 Å². The minimum Gasteiger partial charge on any atom is -0.380 e. The molecule has 3 heterocycles. The first kappa shape index (κ1) is 20.8. The molecular formula is C20H21FN6O4. The number of ether oxygens (including phenoxy) is 1. The predicted molar refractivity (Wildman–Crippen MR) is 107 cm³/mol. The topological polar surface area (TPSA) is 126 Å². The van der Waals surface area contributed by atoms with Gasteiger partial charge in [0.1, 0.15) is 17.5 Å². The van der Waals surface area contributed by atoms with Crippen LogP contribution in [0, 0.1) is 5.82 Å². The van der Waals surface area contributed by atoms with E-state index in [4.69, 9.17) is 4.74 Å². The maximum atomic E-state index is 14.8. The van der Waals surface area contributed by atoms with Gasteiger partial charge in [0.05, 0.1) is 24.5 Å². The van der Waals surface area contributed by atoms with Crippen molar-refractivity contribution in [2.24, 2.45) is 0 Å². The van der Waals surface area contributed by atoms with Crippen LogP contribution >= 0.6 is 0 Å². The Kier molecular flexibility index (Phi) is 5.89. The normalized spacial score (nSPS) is 19.4. The number of rotatable bonds is 6. The Morgan fingerprint density at radius 1 is 1.35 bits per heavy atom. The van der Waals surface area contributed by atoms with Gasteiger partial charge in [-0.15, -0.1) is 5.10 Å². The maximum absolute atomic E-state index is 14.8. The van der Waals surface area contributed by atoms with Crippen molar-refractivity contribution in [2.45, 2.75) is 25.5 Å². The van der Waals surface area contributed by atoms with Crippen molar-refractivity contribution < 1.29 is 24.1 Å². The summed E-state index contributed by atoms with van der Waals surface area (Å²) in [5.41, 5.74) is 1.17. The first-order valence-electron chi connectivity index (χ1n) is 9.58. The second kappa shape index (κ2) is 8.76. The van der Waals surface area contributed by atoms with Crippen molar-refractivity contribution >= 4 is 11.6 Å². The Morgan fingerprint density at radius 2 is 2.19 bits per heavy atom. The molecule has 3 aromatic rings. The summed E-state index contributed by atoms with van der Waals surface area (Å²) < 4.78 is 21.4. The van der Waals surface area contributed by atoms with E-state index in [0.29, 0.717) is 11.4 Å². The fraction of sp³-hybridized carbons (Fsp3) is 0.300. The Hall–Kier alpha value is -3.41. The summed E-state index contributed by atoms with van der Waals surface area (Å²) >= 11 is 0. The number of amides is 1. The summed E-state index contributed by atoms with van der Waals surface area (Å²) in [5.74, 6) is -0.800. The molecule has 1 aromatic carbocycles. The van der Waals surface area contributed by atoms with Crippen LogP contribution in [0.4, 0.5) is 10.1 Å². The third-order valence-electron chi connectivity index (χ3n) is 4.83. The minimum absolute atomic E-state index is 0.125. The molecule has 0 radical (unpaired) electrons. The highest BCUT2D eigenvalue weighted by Gasteiger charge is 2.32. The van der Waals surface area contributed by atoms with Gasteiger partial charge in [-0.1, -0.05) is 11.3 Å². The monoisotopic (exact) mass is 428 g/mol. The second-order valence-corrected chi connectivity index (χ2v) is 7.05. The molecule has 1 aliphatic heterocycles. The summed E-state index contributed by atoms with van der Waals surface area (Å²) in [4.78, 5) is 16.6. The molecule has 2 unspecified atom stereocenters. The van der Waals surface area contributed by atoms with E-state index in [9.17, 15) is 19.4 Å². The molecule has 1 aliphatic rings. The van der Waals surface area contributed by atoms with Gasteiger partial charge < -0.3 is 25.2 Å². The molecule has 162 valence electrons. The number of halogens is 1. The van der Waals surface area contributed by atoms with Gasteiger partial charge >= 0.3 is 0 Å².